The van der Waals surface area contributed by atoms with Crippen molar-refractivity contribution in [3.05, 3.63) is 95.3 Å². The molecule has 0 saturated heterocycles. The van der Waals surface area contributed by atoms with Crippen molar-refractivity contribution in [1.82, 2.24) is 0 Å². The number of benzene rings is 3. The van der Waals surface area contributed by atoms with Gasteiger partial charge in [-0.1, -0.05) is 12.1 Å². The molecule has 0 aliphatic carbocycles. The molecule has 0 spiro atoms. The molecule has 10 heteroatoms. The summed E-state index contributed by atoms with van der Waals surface area (Å²) in [6, 6.07) is 15.1. The first kappa shape index (κ1) is 23.3. The summed E-state index contributed by atoms with van der Waals surface area (Å²) < 4.78 is 76.6. The first-order valence-corrected chi connectivity index (χ1v) is 11.1. The first-order valence-electron chi connectivity index (χ1n) is 9.24. The molecule has 168 valence electrons. The molecule has 0 aliphatic heterocycles. The number of sulfonamides is 1. The maximum absolute atomic E-state index is 13.1. The van der Waals surface area contributed by atoms with Crippen molar-refractivity contribution in [3.8, 4) is 0 Å². The summed E-state index contributed by atoms with van der Waals surface area (Å²) in [5.41, 5.74) is 0.399. The fraction of sp³-hybridized carbons (Fsp3) is 0.136. The lowest BCUT2D eigenvalue weighted by molar-refractivity contribution is -0.137. The van der Waals surface area contributed by atoms with Crippen LogP contribution in [0.2, 0.25) is 0 Å². The lowest BCUT2D eigenvalue weighted by atomic mass is 10.1. The van der Waals surface area contributed by atoms with Crippen molar-refractivity contribution in [2.24, 2.45) is 0 Å². The van der Waals surface area contributed by atoms with Crippen molar-refractivity contribution in [2.45, 2.75) is 12.7 Å². The Morgan fingerprint density at radius 3 is 1.97 bits per heavy atom. The number of amides is 1. The highest BCUT2D eigenvalue weighted by Gasteiger charge is 2.30. The van der Waals surface area contributed by atoms with Gasteiger partial charge in [0.05, 0.1) is 24.1 Å². The quantitative estimate of drug-likeness (QED) is 0.517. The van der Waals surface area contributed by atoms with E-state index in [0.29, 0.717) is 11.3 Å². The molecular formula is C22H18F4N2O3S. The molecule has 0 aromatic heterocycles. The number of anilines is 2. The Hall–Kier alpha value is -3.40. The first-order chi connectivity index (χ1) is 14.9. The van der Waals surface area contributed by atoms with Gasteiger partial charge >= 0.3 is 6.18 Å². The minimum Gasteiger partial charge on any atom is -0.322 e. The van der Waals surface area contributed by atoms with Gasteiger partial charge in [0.2, 0.25) is 10.0 Å². The number of alkyl halides is 3. The maximum atomic E-state index is 13.1. The Kier molecular flexibility index (Phi) is 6.54. The third-order valence-corrected chi connectivity index (χ3v) is 5.67. The van der Waals surface area contributed by atoms with Crippen LogP contribution in [-0.2, 0) is 22.7 Å². The van der Waals surface area contributed by atoms with Gasteiger partial charge < -0.3 is 5.32 Å². The van der Waals surface area contributed by atoms with E-state index in [4.69, 9.17) is 0 Å². The summed E-state index contributed by atoms with van der Waals surface area (Å²) in [5, 5.41) is 2.49. The lowest BCUT2D eigenvalue weighted by Gasteiger charge is -2.22. The van der Waals surface area contributed by atoms with Gasteiger partial charge in [0.25, 0.3) is 5.91 Å². The summed E-state index contributed by atoms with van der Waals surface area (Å²) in [6.07, 6.45) is -3.44. The van der Waals surface area contributed by atoms with Crippen molar-refractivity contribution in [1.29, 1.82) is 0 Å². The zero-order chi connectivity index (χ0) is 23.5. The van der Waals surface area contributed by atoms with Crippen LogP contribution in [0.15, 0.2) is 72.8 Å². The van der Waals surface area contributed by atoms with Crippen LogP contribution >= 0.6 is 0 Å². The number of halogens is 4. The molecule has 1 N–H and O–H groups in total. The molecular weight excluding hydrogens is 448 g/mol. The molecule has 0 radical (unpaired) electrons. The summed E-state index contributed by atoms with van der Waals surface area (Å²) in [6.45, 7) is -0.0315. The van der Waals surface area contributed by atoms with E-state index in [0.717, 1.165) is 34.8 Å². The second kappa shape index (κ2) is 8.99. The van der Waals surface area contributed by atoms with E-state index in [1.54, 1.807) is 0 Å². The average Bonchev–Trinajstić information content (AvgIpc) is 2.72. The monoisotopic (exact) mass is 466 g/mol. The van der Waals surface area contributed by atoms with Gasteiger partial charge in [-0.3, -0.25) is 9.10 Å². The third-order valence-electron chi connectivity index (χ3n) is 4.53. The topological polar surface area (TPSA) is 66.5 Å². The second-order valence-corrected chi connectivity index (χ2v) is 8.88. The summed E-state index contributed by atoms with van der Waals surface area (Å²) in [7, 11) is -3.68. The molecule has 0 unspecified atom stereocenters. The van der Waals surface area contributed by atoms with Crippen LogP contribution < -0.4 is 9.62 Å². The van der Waals surface area contributed by atoms with Gasteiger partial charge in [0.1, 0.15) is 5.82 Å². The molecule has 3 aromatic rings. The van der Waals surface area contributed by atoms with Crippen LogP contribution in [0.1, 0.15) is 21.5 Å². The normalized spacial score (nSPS) is 11.8. The standard InChI is InChI=1S/C22H18F4N2O3S/c1-32(30,31)28(14-15-2-8-18(23)9-3-15)20-12-4-16(5-13-20)21(29)27-19-10-6-17(7-11-19)22(24,25)26/h2-13H,14H2,1H3,(H,27,29). The van der Waals surface area contributed by atoms with Crippen LogP contribution in [-0.4, -0.2) is 20.6 Å². The molecule has 1 amide bonds. The largest absolute Gasteiger partial charge is 0.416 e. The van der Waals surface area contributed by atoms with E-state index < -0.39 is 33.5 Å². The summed E-state index contributed by atoms with van der Waals surface area (Å²) >= 11 is 0. The molecule has 0 fully saturated rings. The molecule has 3 rings (SSSR count). The van der Waals surface area contributed by atoms with Gasteiger partial charge in [-0.15, -0.1) is 0 Å². The average molecular weight is 466 g/mol. The molecule has 0 heterocycles. The smallest absolute Gasteiger partial charge is 0.322 e. The predicted octanol–water partition coefficient (Wildman–Crippen LogP) is 5.06. The van der Waals surface area contributed by atoms with Crippen LogP contribution in [0.25, 0.3) is 0 Å². The number of hydrogen-bond acceptors (Lipinski definition) is 3. The number of nitrogens with zero attached hydrogens (tertiary/aromatic N) is 1. The number of rotatable bonds is 6. The molecule has 0 saturated carbocycles. The van der Waals surface area contributed by atoms with Crippen LogP contribution in [0.4, 0.5) is 28.9 Å². The Morgan fingerprint density at radius 1 is 0.906 bits per heavy atom. The number of hydrogen-bond donors (Lipinski definition) is 1. The minimum absolute atomic E-state index is 0.0315. The van der Waals surface area contributed by atoms with Crippen LogP contribution in [0, 0.1) is 5.82 Å². The van der Waals surface area contributed by atoms with Crippen molar-refractivity contribution in [2.75, 3.05) is 15.9 Å². The molecule has 0 atom stereocenters. The zero-order valence-electron chi connectivity index (χ0n) is 16.7. The lowest BCUT2D eigenvalue weighted by Crippen LogP contribution is -2.29. The van der Waals surface area contributed by atoms with Crippen molar-refractivity contribution in [3.63, 3.8) is 0 Å². The Morgan fingerprint density at radius 2 is 1.47 bits per heavy atom. The van der Waals surface area contributed by atoms with Gasteiger partial charge in [0, 0.05) is 11.3 Å². The van der Waals surface area contributed by atoms with Crippen LogP contribution in [0.5, 0.6) is 0 Å². The second-order valence-electron chi connectivity index (χ2n) is 6.97. The highest BCUT2D eigenvalue weighted by molar-refractivity contribution is 7.92. The molecule has 5 nitrogen and oxygen atoms in total. The van der Waals surface area contributed by atoms with Gasteiger partial charge in [-0.05, 0) is 66.2 Å². The fourth-order valence-corrected chi connectivity index (χ4v) is 3.77. The van der Waals surface area contributed by atoms with Gasteiger partial charge in [0.15, 0.2) is 0 Å². The fourth-order valence-electron chi connectivity index (χ4n) is 2.88. The Balaban J connectivity index is 1.75. The molecule has 32 heavy (non-hydrogen) atoms. The van der Waals surface area contributed by atoms with Gasteiger partial charge in [-0.25, -0.2) is 12.8 Å². The summed E-state index contributed by atoms with van der Waals surface area (Å²) in [4.78, 5) is 12.4. The SMILES string of the molecule is CS(=O)(=O)N(Cc1ccc(F)cc1)c1ccc(C(=O)Nc2ccc(C(F)(F)F)cc2)cc1. The highest BCUT2D eigenvalue weighted by Crippen LogP contribution is 2.30. The van der Waals surface area contributed by atoms with E-state index in [1.807, 2.05) is 0 Å². The zero-order valence-corrected chi connectivity index (χ0v) is 17.5. The van der Waals surface area contributed by atoms with E-state index in [-0.39, 0.29) is 17.8 Å². The molecule has 0 bridgehead atoms. The molecule has 0 aliphatic rings. The predicted molar refractivity (Wildman–Crippen MR) is 113 cm³/mol. The summed E-state index contributed by atoms with van der Waals surface area (Å²) in [5.74, 6) is -1.01. The minimum atomic E-state index is -4.47. The Labute approximate surface area is 182 Å². The number of nitrogens with one attached hydrogen (secondary N) is 1. The van der Waals surface area contributed by atoms with E-state index in [2.05, 4.69) is 5.32 Å². The number of carbonyl (C=O) groups excluding carboxylic acids is 1. The van der Waals surface area contributed by atoms with E-state index >= 15 is 0 Å². The Bertz CT molecular complexity index is 1190. The number of carbonyl (C=O) groups is 1. The van der Waals surface area contributed by atoms with Crippen molar-refractivity contribution < 1.29 is 30.8 Å². The third kappa shape index (κ3) is 5.85. The van der Waals surface area contributed by atoms with Gasteiger partial charge in [-0.2, -0.15) is 13.2 Å². The van der Waals surface area contributed by atoms with E-state index in [1.165, 1.54) is 48.5 Å². The highest BCUT2D eigenvalue weighted by atomic mass is 32.2. The van der Waals surface area contributed by atoms with Crippen molar-refractivity contribution >= 4 is 27.3 Å². The molecule has 3 aromatic carbocycles. The maximum Gasteiger partial charge on any atom is 0.416 e. The van der Waals surface area contributed by atoms with Crippen LogP contribution in [0.3, 0.4) is 0 Å². The van der Waals surface area contributed by atoms with E-state index in [9.17, 15) is 30.8 Å².